The van der Waals surface area contributed by atoms with Gasteiger partial charge < -0.3 is 11.1 Å². The maximum Gasteiger partial charge on any atom is 0.222 e. The Morgan fingerprint density at radius 1 is 1.47 bits per heavy atom. The molecule has 0 saturated carbocycles. The van der Waals surface area contributed by atoms with E-state index >= 15 is 0 Å². The fourth-order valence-corrected chi connectivity index (χ4v) is 2.67. The Morgan fingerprint density at radius 3 is 2.73 bits per heavy atom. The molecular formula is C9H14Cl2N2OS. The standard InChI is InChI=1S/C9H12N2OS.2ClH/c10-9(12)7-5-11-4-6(7)8-2-1-3-13-8;;/h1-3,6-7,11H,4-5H2,(H2,10,12);2*1H. The first kappa shape index (κ1) is 14.7. The van der Waals surface area contributed by atoms with Crippen molar-refractivity contribution < 1.29 is 4.79 Å². The quantitative estimate of drug-likeness (QED) is 0.852. The molecular weight excluding hydrogens is 255 g/mol. The number of amides is 1. The largest absolute Gasteiger partial charge is 0.369 e. The normalized spacial score (nSPS) is 24.0. The predicted molar refractivity (Wildman–Crippen MR) is 67.1 cm³/mol. The summed E-state index contributed by atoms with van der Waals surface area (Å²) < 4.78 is 0. The zero-order valence-electron chi connectivity index (χ0n) is 8.01. The van der Waals surface area contributed by atoms with E-state index in [9.17, 15) is 4.79 Å². The average molecular weight is 269 g/mol. The van der Waals surface area contributed by atoms with Crippen LogP contribution in [-0.2, 0) is 4.79 Å². The monoisotopic (exact) mass is 268 g/mol. The summed E-state index contributed by atoms with van der Waals surface area (Å²) in [7, 11) is 0. The minimum absolute atomic E-state index is 0. The second-order valence-electron chi connectivity index (χ2n) is 3.29. The van der Waals surface area contributed by atoms with Crippen LogP contribution >= 0.6 is 36.2 Å². The van der Waals surface area contributed by atoms with Gasteiger partial charge in [-0.05, 0) is 11.4 Å². The molecule has 1 aliphatic rings. The van der Waals surface area contributed by atoms with Crippen molar-refractivity contribution in [1.82, 2.24) is 5.32 Å². The fourth-order valence-electron chi connectivity index (χ4n) is 1.78. The number of thiophene rings is 1. The first-order valence-corrected chi connectivity index (χ1v) is 5.20. The number of primary amides is 1. The Labute approximate surface area is 105 Å². The molecule has 0 bridgehead atoms. The highest BCUT2D eigenvalue weighted by Gasteiger charge is 2.32. The van der Waals surface area contributed by atoms with Gasteiger partial charge in [0.25, 0.3) is 0 Å². The van der Waals surface area contributed by atoms with Crippen molar-refractivity contribution in [1.29, 1.82) is 0 Å². The molecule has 3 nitrogen and oxygen atoms in total. The van der Waals surface area contributed by atoms with E-state index in [2.05, 4.69) is 11.4 Å². The van der Waals surface area contributed by atoms with Crippen LogP contribution in [0.25, 0.3) is 0 Å². The van der Waals surface area contributed by atoms with Gasteiger partial charge in [-0.15, -0.1) is 36.2 Å². The van der Waals surface area contributed by atoms with Gasteiger partial charge in [0.15, 0.2) is 0 Å². The van der Waals surface area contributed by atoms with Crippen LogP contribution in [0.1, 0.15) is 10.8 Å². The Hall–Kier alpha value is -0.290. The first-order chi connectivity index (χ1) is 6.29. The number of halogens is 2. The first-order valence-electron chi connectivity index (χ1n) is 4.32. The van der Waals surface area contributed by atoms with Crippen molar-refractivity contribution in [3.63, 3.8) is 0 Å². The summed E-state index contributed by atoms with van der Waals surface area (Å²) in [6.07, 6.45) is 0. The minimum atomic E-state index is -0.191. The van der Waals surface area contributed by atoms with Gasteiger partial charge >= 0.3 is 0 Å². The third-order valence-electron chi connectivity index (χ3n) is 2.49. The molecule has 1 aromatic rings. The van der Waals surface area contributed by atoms with Gasteiger partial charge in [0.1, 0.15) is 0 Å². The van der Waals surface area contributed by atoms with Gasteiger partial charge in [0.05, 0.1) is 5.92 Å². The van der Waals surface area contributed by atoms with Crippen LogP contribution in [0, 0.1) is 5.92 Å². The summed E-state index contributed by atoms with van der Waals surface area (Å²) in [6, 6.07) is 4.08. The van der Waals surface area contributed by atoms with Gasteiger partial charge in [-0.25, -0.2) is 0 Å². The van der Waals surface area contributed by atoms with Crippen molar-refractivity contribution in [2.75, 3.05) is 13.1 Å². The molecule has 2 rings (SSSR count). The summed E-state index contributed by atoms with van der Waals surface area (Å²) in [5, 5.41) is 5.23. The Morgan fingerprint density at radius 2 is 2.20 bits per heavy atom. The van der Waals surface area contributed by atoms with E-state index in [1.54, 1.807) is 11.3 Å². The highest BCUT2D eigenvalue weighted by Crippen LogP contribution is 2.30. The smallest absolute Gasteiger partial charge is 0.222 e. The molecule has 86 valence electrons. The number of carbonyl (C=O) groups is 1. The van der Waals surface area contributed by atoms with Crippen molar-refractivity contribution in [2.45, 2.75) is 5.92 Å². The van der Waals surface area contributed by atoms with Gasteiger partial charge in [-0.2, -0.15) is 0 Å². The van der Waals surface area contributed by atoms with E-state index in [-0.39, 0.29) is 42.6 Å². The summed E-state index contributed by atoms with van der Waals surface area (Å²) >= 11 is 1.69. The van der Waals surface area contributed by atoms with Gasteiger partial charge in [0.2, 0.25) is 5.91 Å². The van der Waals surface area contributed by atoms with E-state index in [0.29, 0.717) is 0 Å². The molecule has 6 heteroatoms. The number of nitrogens with two attached hydrogens (primary N) is 1. The maximum atomic E-state index is 11.1. The molecule has 1 saturated heterocycles. The van der Waals surface area contributed by atoms with Gasteiger partial charge in [-0.3, -0.25) is 4.79 Å². The van der Waals surface area contributed by atoms with Crippen molar-refractivity contribution >= 4 is 42.1 Å². The Balaban J connectivity index is 0.000000980. The van der Waals surface area contributed by atoms with Crippen LogP contribution < -0.4 is 11.1 Å². The van der Waals surface area contributed by atoms with E-state index in [0.717, 1.165) is 13.1 Å². The molecule has 2 heterocycles. The van der Waals surface area contributed by atoms with Crippen LogP contribution in [0.3, 0.4) is 0 Å². The summed E-state index contributed by atoms with van der Waals surface area (Å²) in [5.74, 6) is 0.0690. The van der Waals surface area contributed by atoms with Crippen molar-refractivity contribution in [2.24, 2.45) is 11.7 Å². The van der Waals surface area contributed by atoms with E-state index < -0.39 is 0 Å². The van der Waals surface area contributed by atoms with E-state index in [1.807, 2.05) is 11.4 Å². The fraction of sp³-hybridized carbons (Fsp3) is 0.444. The lowest BCUT2D eigenvalue weighted by atomic mass is 9.94. The lowest BCUT2D eigenvalue weighted by molar-refractivity contribution is -0.121. The molecule has 3 N–H and O–H groups in total. The van der Waals surface area contributed by atoms with E-state index in [1.165, 1.54) is 4.88 Å². The molecule has 1 fully saturated rings. The molecule has 1 aliphatic heterocycles. The molecule has 0 spiro atoms. The Bertz CT molecular complexity index is 305. The molecule has 2 unspecified atom stereocenters. The SMILES string of the molecule is Cl.Cl.NC(=O)C1CNCC1c1cccs1. The minimum Gasteiger partial charge on any atom is -0.369 e. The van der Waals surface area contributed by atoms with Crippen LogP contribution in [-0.4, -0.2) is 19.0 Å². The number of nitrogens with one attached hydrogen (secondary N) is 1. The maximum absolute atomic E-state index is 11.1. The zero-order valence-corrected chi connectivity index (χ0v) is 10.5. The van der Waals surface area contributed by atoms with Gasteiger partial charge in [0, 0.05) is 23.9 Å². The third kappa shape index (κ3) is 3.08. The number of carbonyl (C=O) groups excluding carboxylic acids is 1. The van der Waals surface area contributed by atoms with Crippen LogP contribution in [0.2, 0.25) is 0 Å². The summed E-state index contributed by atoms with van der Waals surface area (Å²) in [5.41, 5.74) is 5.32. The topological polar surface area (TPSA) is 55.1 Å². The molecule has 0 aromatic carbocycles. The van der Waals surface area contributed by atoms with Crippen LogP contribution in [0.5, 0.6) is 0 Å². The predicted octanol–water partition coefficient (Wildman–Crippen LogP) is 1.38. The molecule has 0 aliphatic carbocycles. The molecule has 2 atom stereocenters. The lowest BCUT2D eigenvalue weighted by Gasteiger charge is -2.12. The third-order valence-corrected chi connectivity index (χ3v) is 3.49. The average Bonchev–Trinajstić information content (AvgIpc) is 2.74. The van der Waals surface area contributed by atoms with Crippen LogP contribution in [0.4, 0.5) is 0 Å². The highest BCUT2D eigenvalue weighted by molar-refractivity contribution is 7.10. The molecule has 1 aromatic heterocycles. The van der Waals surface area contributed by atoms with Gasteiger partial charge in [-0.1, -0.05) is 6.07 Å². The number of hydrogen-bond donors (Lipinski definition) is 2. The second-order valence-corrected chi connectivity index (χ2v) is 4.27. The van der Waals surface area contributed by atoms with E-state index in [4.69, 9.17) is 5.73 Å². The van der Waals surface area contributed by atoms with Crippen molar-refractivity contribution in [3.8, 4) is 0 Å². The number of hydrogen-bond acceptors (Lipinski definition) is 3. The Kier molecular flexibility index (Phi) is 6.20. The molecule has 15 heavy (non-hydrogen) atoms. The van der Waals surface area contributed by atoms with Crippen molar-refractivity contribution in [3.05, 3.63) is 22.4 Å². The zero-order chi connectivity index (χ0) is 9.26. The lowest BCUT2D eigenvalue weighted by Crippen LogP contribution is -2.28. The molecule has 1 amide bonds. The summed E-state index contributed by atoms with van der Waals surface area (Å²) in [6.45, 7) is 1.59. The summed E-state index contributed by atoms with van der Waals surface area (Å²) in [4.78, 5) is 12.4. The van der Waals surface area contributed by atoms with Crippen LogP contribution in [0.15, 0.2) is 17.5 Å². The molecule has 0 radical (unpaired) electrons. The second kappa shape index (κ2) is 6.33. The highest BCUT2D eigenvalue weighted by atomic mass is 35.5. The number of rotatable bonds is 2.